The third-order valence-corrected chi connectivity index (χ3v) is 5.52. The third-order valence-electron chi connectivity index (χ3n) is 5.23. The van der Waals surface area contributed by atoms with Gasteiger partial charge in [0.15, 0.2) is 11.5 Å². The van der Waals surface area contributed by atoms with Gasteiger partial charge in [-0.1, -0.05) is 23.7 Å². The van der Waals surface area contributed by atoms with E-state index in [4.69, 9.17) is 16.3 Å². The summed E-state index contributed by atoms with van der Waals surface area (Å²) in [6.07, 6.45) is 0.939. The molecule has 2 aromatic carbocycles. The van der Waals surface area contributed by atoms with Gasteiger partial charge in [-0.2, -0.15) is 0 Å². The smallest absolute Gasteiger partial charge is 0.410 e. The summed E-state index contributed by atoms with van der Waals surface area (Å²) in [5.41, 5.74) is -1.30. The van der Waals surface area contributed by atoms with Gasteiger partial charge in [0.1, 0.15) is 17.7 Å². The topological polar surface area (TPSA) is 67.3 Å². The molecule has 0 bridgehead atoms. The fourth-order valence-corrected chi connectivity index (χ4v) is 3.83. The summed E-state index contributed by atoms with van der Waals surface area (Å²) in [5.74, 6) is -0.286. The highest BCUT2D eigenvalue weighted by Gasteiger charge is 2.43. The number of hydrogen-bond donors (Lipinski definition) is 1. The fourth-order valence-electron chi connectivity index (χ4n) is 3.65. The molecule has 6 nitrogen and oxygen atoms in total. The molecule has 1 atom stereocenters. The van der Waals surface area contributed by atoms with Crippen molar-refractivity contribution >= 4 is 40.1 Å². The van der Waals surface area contributed by atoms with Gasteiger partial charge >= 0.3 is 6.09 Å². The summed E-state index contributed by atoms with van der Waals surface area (Å²) in [7, 11) is 0. The second kappa shape index (κ2) is 8.16. The molecule has 0 radical (unpaired) electrons. The summed E-state index contributed by atoms with van der Waals surface area (Å²) >= 11 is 5.87. The lowest BCUT2D eigenvalue weighted by Gasteiger charge is -2.25. The predicted octanol–water partition coefficient (Wildman–Crippen LogP) is 5.97. The van der Waals surface area contributed by atoms with Crippen LogP contribution in [0.1, 0.15) is 32.8 Å². The molecule has 1 aliphatic rings. The van der Waals surface area contributed by atoms with Crippen molar-refractivity contribution in [2.75, 3.05) is 18.4 Å². The Bertz CT molecular complexity index is 1180. The zero-order valence-corrected chi connectivity index (χ0v) is 18.7. The highest BCUT2D eigenvalue weighted by atomic mass is 35.5. The van der Waals surface area contributed by atoms with E-state index in [9.17, 15) is 9.18 Å². The number of rotatable bonds is 3. The van der Waals surface area contributed by atoms with E-state index < -0.39 is 23.2 Å². The van der Waals surface area contributed by atoms with Crippen LogP contribution in [0.2, 0.25) is 5.02 Å². The number of aromatic nitrogens is 2. The van der Waals surface area contributed by atoms with Crippen molar-refractivity contribution in [2.45, 2.75) is 38.5 Å². The molecular formula is C23H23ClF2N4O2. The van der Waals surface area contributed by atoms with E-state index >= 15 is 4.39 Å². The maximum absolute atomic E-state index is 15.9. The summed E-state index contributed by atoms with van der Waals surface area (Å²) in [6, 6.07) is 9.57. The number of nitrogens with zero attached hydrogens (tertiary/aromatic N) is 3. The van der Waals surface area contributed by atoms with Crippen molar-refractivity contribution < 1.29 is 18.3 Å². The van der Waals surface area contributed by atoms with Crippen LogP contribution in [0.25, 0.3) is 10.9 Å². The summed E-state index contributed by atoms with van der Waals surface area (Å²) in [5, 5.41) is 3.42. The monoisotopic (exact) mass is 460 g/mol. The van der Waals surface area contributed by atoms with Gasteiger partial charge in [-0.05, 0) is 50.6 Å². The molecule has 4 rings (SSSR count). The fraction of sp³-hybridized carbons (Fsp3) is 0.348. The number of alkyl halides is 1. The van der Waals surface area contributed by atoms with Crippen molar-refractivity contribution in [1.82, 2.24) is 14.9 Å². The number of benzene rings is 2. The highest BCUT2D eigenvalue weighted by molar-refractivity contribution is 6.31. The first kappa shape index (κ1) is 22.2. The molecule has 1 aliphatic heterocycles. The van der Waals surface area contributed by atoms with Crippen LogP contribution in [0.3, 0.4) is 0 Å². The molecule has 1 fully saturated rings. The molecule has 0 aliphatic carbocycles. The largest absolute Gasteiger partial charge is 0.444 e. The Kier molecular flexibility index (Phi) is 5.67. The van der Waals surface area contributed by atoms with Gasteiger partial charge in [-0.15, -0.1) is 0 Å². The molecule has 1 unspecified atom stereocenters. The molecular weight excluding hydrogens is 438 g/mol. The molecule has 32 heavy (non-hydrogen) atoms. The van der Waals surface area contributed by atoms with Gasteiger partial charge in [-0.3, -0.25) is 0 Å². The summed E-state index contributed by atoms with van der Waals surface area (Å²) in [4.78, 5) is 22.2. The first-order valence-electron chi connectivity index (χ1n) is 10.2. The van der Waals surface area contributed by atoms with Crippen molar-refractivity contribution in [1.29, 1.82) is 0 Å². The van der Waals surface area contributed by atoms with Crippen molar-refractivity contribution in [2.24, 2.45) is 0 Å². The Hall–Kier alpha value is -3.00. The second-order valence-corrected chi connectivity index (χ2v) is 9.20. The van der Waals surface area contributed by atoms with Gasteiger partial charge in [0.2, 0.25) is 0 Å². The van der Waals surface area contributed by atoms with Crippen LogP contribution in [-0.4, -0.2) is 39.7 Å². The van der Waals surface area contributed by atoms with Crippen molar-refractivity contribution in [3.8, 4) is 0 Å². The number of nitrogens with one attached hydrogen (secondary N) is 1. The van der Waals surface area contributed by atoms with Crippen molar-refractivity contribution in [3.63, 3.8) is 0 Å². The van der Waals surface area contributed by atoms with Gasteiger partial charge in [0.05, 0.1) is 22.8 Å². The minimum atomic E-state index is -1.75. The summed E-state index contributed by atoms with van der Waals surface area (Å²) < 4.78 is 35.6. The molecule has 0 spiro atoms. The van der Waals surface area contributed by atoms with E-state index in [1.165, 1.54) is 23.4 Å². The second-order valence-electron chi connectivity index (χ2n) is 8.80. The molecule has 3 aromatic rings. The van der Waals surface area contributed by atoms with E-state index in [0.717, 1.165) is 0 Å². The highest BCUT2D eigenvalue weighted by Crippen LogP contribution is 2.39. The Morgan fingerprint density at radius 2 is 2.03 bits per heavy atom. The Morgan fingerprint density at radius 3 is 2.78 bits per heavy atom. The first-order chi connectivity index (χ1) is 15.1. The van der Waals surface area contributed by atoms with Crippen molar-refractivity contribution in [3.05, 3.63) is 59.1 Å². The van der Waals surface area contributed by atoms with E-state index in [2.05, 4.69) is 15.3 Å². The quantitative estimate of drug-likeness (QED) is 0.521. The van der Waals surface area contributed by atoms with Crippen LogP contribution in [0.15, 0.2) is 42.7 Å². The molecule has 1 N–H and O–H groups in total. The number of halogens is 3. The van der Waals surface area contributed by atoms with E-state index in [-0.39, 0.29) is 30.2 Å². The number of amides is 1. The maximum Gasteiger partial charge on any atom is 0.410 e. The number of carbonyl (C=O) groups is 1. The average molecular weight is 461 g/mol. The first-order valence-corrected chi connectivity index (χ1v) is 10.6. The molecule has 2 heterocycles. The van der Waals surface area contributed by atoms with Gasteiger partial charge in [0, 0.05) is 18.4 Å². The average Bonchev–Trinajstić information content (AvgIpc) is 3.14. The Labute approximate surface area is 189 Å². The number of carbonyl (C=O) groups excluding carboxylic acids is 1. The normalized spacial score (nSPS) is 18.8. The zero-order chi connectivity index (χ0) is 23.1. The summed E-state index contributed by atoms with van der Waals surface area (Å²) in [6.45, 7) is 5.43. The van der Waals surface area contributed by atoms with Crippen LogP contribution >= 0.6 is 11.6 Å². The van der Waals surface area contributed by atoms with E-state index in [0.29, 0.717) is 22.3 Å². The van der Waals surface area contributed by atoms with Crippen LogP contribution < -0.4 is 5.32 Å². The molecule has 1 saturated heterocycles. The lowest BCUT2D eigenvalue weighted by atomic mass is 9.93. The molecule has 168 valence electrons. The van der Waals surface area contributed by atoms with E-state index in [1.54, 1.807) is 45.0 Å². The number of fused-ring (bicyclic) bond motifs is 1. The lowest BCUT2D eigenvalue weighted by molar-refractivity contribution is 0.0257. The minimum absolute atomic E-state index is 0.0232. The van der Waals surface area contributed by atoms with E-state index in [1.807, 2.05) is 0 Å². The number of likely N-dealkylation sites (tertiary alicyclic amines) is 1. The minimum Gasteiger partial charge on any atom is -0.444 e. The van der Waals surface area contributed by atoms with Gasteiger partial charge in [-0.25, -0.2) is 23.5 Å². The maximum atomic E-state index is 15.9. The van der Waals surface area contributed by atoms with Crippen LogP contribution in [0.5, 0.6) is 0 Å². The molecule has 9 heteroatoms. The standard InChI is InChI=1S/C23H23ClF2N4O2/c1-22(2,3)32-21(31)30-10-9-23(26,12-30)14-7-8-17-15(11-14)20(28-13-27-17)29-18-6-4-5-16(24)19(18)25/h4-8,11,13H,9-10,12H2,1-3H3,(H,27,28,29). The molecule has 0 saturated carbocycles. The van der Waals surface area contributed by atoms with Crippen LogP contribution in [-0.2, 0) is 10.4 Å². The van der Waals surface area contributed by atoms with Crippen LogP contribution in [0, 0.1) is 5.82 Å². The molecule has 1 amide bonds. The van der Waals surface area contributed by atoms with Gasteiger partial charge < -0.3 is 15.0 Å². The van der Waals surface area contributed by atoms with Gasteiger partial charge in [0.25, 0.3) is 0 Å². The molecule has 1 aromatic heterocycles. The predicted molar refractivity (Wildman–Crippen MR) is 119 cm³/mol. The lowest BCUT2D eigenvalue weighted by Crippen LogP contribution is -2.37. The Morgan fingerprint density at radius 1 is 1.25 bits per heavy atom. The zero-order valence-electron chi connectivity index (χ0n) is 18.0. The Balaban J connectivity index is 1.64. The number of anilines is 2. The number of ether oxygens (including phenoxy) is 1. The number of hydrogen-bond acceptors (Lipinski definition) is 5. The SMILES string of the molecule is CC(C)(C)OC(=O)N1CCC(F)(c2ccc3ncnc(Nc4cccc(Cl)c4F)c3c2)C1. The van der Waals surface area contributed by atoms with Crippen LogP contribution in [0.4, 0.5) is 25.1 Å². The third kappa shape index (κ3) is 4.46.